The number of para-hydroxylation sites is 2. The van der Waals surface area contributed by atoms with E-state index in [4.69, 9.17) is 4.74 Å². The number of methoxy groups -OCH3 is 1. The van der Waals surface area contributed by atoms with E-state index in [9.17, 15) is 21.6 Å². The van der Waals surface area contributed by atoms with E-state index in [1.165, 1.54) is 12.1 Å². The van der Waals surface area contributed by atoms with Crippen LogP contribution in [0, 0.1) is 0 Å². The minimum absolute atomic E-state index is 0.0247. The first kappa shape index (κ1) is 23.4. The zero-order valence-corrected chi connectivity index (χ0v) is 17.9. The van der Waals surface area contributed by atoms with Crippen molar-refractivity contribution < 1.29 is 31.1 Å². The van der Waals surface area contributed by atoms with Gasteiger partial charge >= 0.3 is 6.36 Å². The van der Waals surface area contributed by atoms with Gasteiger partial charge in [0.1, 0.15) is 16.4 Å². The maximum atomic E-state index is 12.9. The van der Waals surface area contributed by atoms with Crippen LogP contribution in [-0.4, -0.2) is 46.4 Å². The van der Waals surface area contributed by atoms with Crippen LogP contribution >= 0.6 is 0 Å². The first-order chi connectivity index (χ1) is 14.7. The summed E-state index contributed by atoms with van der Waals surface area (Å²) >= 11 is 0. The smallest absolute Gasteiger partial charge is 0.496 e. The molecule has 6 nitrogen and oxygen atoms in total. The lowest BCUT2D eigenvalue weighted by Gasteiger charge is -2.35. The van der Waals surface area contributed by atoms with Gasteiger partial charge in [-0.2, -0.15) is 0 Å². The average molecular weight is 459 g/mol. The minimum atomic E-state index is -5.00. The molecule has 1 atom stereocenters. The summed E-state index contributed by atoms with van der Waals surface area (Å²) in [7, 11) is -2.72. The van der Waals surface area contributed by atoms with Crippen LogP contribution < -0.4 is 14.2 Å². The number of benzene rings is 2. The van der Waals surface area contributed by atoms with Crippen molar-refractivity contribution in [3.8, 4) is 11.5 Å². The Labute approximate surface area is 180 Å². The molecule has 2 aromatic carbocycles. The number of piperidine rings is 1. The molecule has 0 bridgehead atoms. The van der Waals surface area contributed by atoms with E-state index in [2.05, 4.69) is 14.4 Å². The molecule has 2 aromatic rings. The highest BCUT2D eigenvalue weighted by Gasteiger charge is 2.34. The number of alkyl halides is 3. The molecular formula is C21H25F3N2O4S. The third-order valence-electron chi connectivity index (χ3n) is 5.16. The summed E-state index contributed by atoms with van der Waals surface area (Å²) in [6.45, 7) is 1.56. The lowest BCUT2D eigenvalue weighted by Crippen LogP contribution is -2.40. The van der Waals surface area contributed by atoms with E-state index in [1.54, 1.807) is 13.2 Å². The van der Waals surface area contributed by atoms with E-state index in [-0.39, 0.29) is 12.6 Å². The second kappa shape index (κ2) is 9.88. The molecule has 0 amide bonds. The summed E-state index contributed by atoms with van der Waals surface area (Å²) < 4.78 is 75.8. The van der Waals surface area contributed by atoms with Gasteiger partial charge in [0.15, 0.2) is 0 Å². The fourth-order valence-corrected chi connectivity index (χ4v) is 4.92. The number of likely N-dealkylation sites (tertiary alicyclic amines) is 1. The van der Waals surface area contributed by atoms with Gasteiger partial charge in [-0.15, -0.1) is 13.2 Å². The maximum Gasteiger partial charge on any atom is 0.573 e. The van der Waals surface area contributed by atoms with Crippen molar-refractivity contribution in [2.75, 3.05) is 26.7 Å². The molecule has 10 heteroatoms. The zero-order chi connectivity index (χ0) is 22.5. The van der Waals surface area contributed by atoms with E-state index < -0.39 is 27.0 Å². The van der Waals surface area contributed by atoms with Gasteiger partial charge in [0.05, 0.1) is 13.2 Å². The molecule has 1 aliphatic rings. The van der Waals surface area contributed by atoms with Crippen molar-refractivity contribution in [2.24, 2.45) is 0 Å². The predicted octanol–water partition coefficient (Wildman–Crippen LogP) is 4.10. The summed E-state index contributed by atoms with van der Waals surface area (Å²) in [5, 5.41) is 0. The monoisotopic (exact) mass is 458 g/mol. The lowest BCUT2D eigenvalue weighted by atomic mass is 10.0. The Kier molecular flexibility index (Phi) is 7.45. The highest BCUT2D eigenvalue weighted by atomic mass is 32.2. The summed E-state index contributed by atoms with van der Waals surface area (Å²) in [4.78, 5) is 1.60. The number of halogens is 3. The van der Waals surface area contributed by atoms with Gasteiger partial charge in [0, 0.05) is 12.1 Å². The molecule has 0 radical (unpaired) electrons. The number of ether oxygens (including phenoxy) is 2. The predicted molar refractivity (Wildman–Crippen MR) is 109 cm³/mol. The first-order valence-electron chi connectivity index (χ1n) is 9.92. The van der Waals surface area contributed by atoms with Crippen LogP contribution in [0.15, 0.2) is 53.4 Å². The molecule has 0 saturated carbocycles. The number of sulfonamides is 1. The fraction of sp³-hybridized carbons (Fsp3) is 0.429. The third-order valence-corrected chi connectivity index (χ3v) is 6.62. The largest absolute Gasteiger partial charge is 0.573 e. The second-order valence-corrected chi connectivity index (χ2v) is 8.94. The van der Waals surface area contributed by atoms with Crippen molar-refractivity contribution in [3.63, 3.8) is 0 Å². The summed E-state index contributed by atoms with van der Waals surface area (Å²) in [6.07, 6.45) is -1.93. The standard InChI is InChI=1S/C21H25F3N2O4S/c1-29-18-10-4-3-9-16(18)17(26-13-7-2-8-14-26)15-25-31(27,28)20-12-6-5-11-19(20)30-21(22,23)24/h3-6,9-12,17,25H,2,7-8,13-15H2,1H3. The van der Waals surface area contributed by atoms with E-state index in [0.717, 1.165) is 50.0 Å². The van der Waals surface area contributed by atoms with Crippen LogP contribution in [0.5, 0.6) is 11.5 Å². The first-order valence-corrected chi connectivity index (χ1v) is 11.4. The van der Waals surface area contributed by atoms with Crippen LogP contribution in [0.2, 0.25) is 0 Å². The van der Waals surface area contributed by atoms with Crippen molar-refractivity contribution in [3.05, 3.63) is 54.1 Å². The molecule has 170 valence electrons. The third kappa shape index (κ3) is 6.11. The Morgan fingerprint density at radius 3 is 2.26 bits per heavy atom. The zero-order valence-electron chi connectivity index (χ0n) is 17.1. The minimum Gasteiger partial charge on any atom is -0.496 e. The van der Waals surface area contributed by atoms with Gasteiger partial charge in [-0.1, -0.05) is 36.8 Å². The summed E-state index contributed by atoms with van der Waals surface area (Å²) in [6, 6.07) is 11.7. The number of hydrogen-bond acceptors (Lipinski definition) is 5. The molecule has 3 rings (SSSR count). The molecule has 31 heavy (non-hydrogen) atoms. The van der Waals surface area contributed by atoms with Gasteiger partial charge < -0.3 is 9.47 Å². The Bertz CT molecular complexity index is 977. The van der Waals surface area contributed by atoms with Crippen molar-refractivity contribution in [2.45, 2.75) is 36.6 Å². The lowest BCUT2D eigenvalue weighted by molar-refractivity contribution is -0.275. The average Bonchev–Trinajstić information content (AvgIpc) is 2.74. The SMILES string of the molecule is COc1ccccc1C(CNS(=O)(=O)c1ccccc1OC(F)(F)F)N1CCCCC1. The van der Waals surface area contributed by atoms with Crippen LogP contribution in [0.3, 0.4) is 0 Å². The normalized spacial score (nSPS) is 16.6. The highest BCUT2D eigenvalue weighted by molar-refractivity contribution is 7.89. The van der Waals surface area contributed by atoms with E-state index >= 15 is 0 Å². The Morgan fingerprint density at radius 2 is 1.61 bits per heavy atom. The van der Waals surface area contributed by atoms with Crippen LogP contribution in [-0.2, 0) is 10.0 Å². The van der Waals surface area contributed by atoms with Gasteiger partial charge in [-0.25, -0.2) is 13.1 Å². The molecule has 1 N–H and O–H groups in total. The van der Waals surface area contributed by atoms with Crippen molar-refractivity contribution >= 4 is 10.0 Å². The van der Waals surface area contributed by atoms with Gasteiger partial charge in [-0.05, 0) is 44.1 Å². The summed E-state index contributed by atoms with van der Waals surface area (Å²) in [5.74, 6) is -0.146. The number of rotatable bonds is 8. The Morgan fingerprint density at radius 1 is 1.00 bits per heavy atom. The number of hydrogen-bond donors (Lipinski definition) is 1. The molecular weight excluding hydrogens is 433 g/mol. The topological polar surface area (TPSA) is 67.9 Å². The quantitative estimate of drug-likeness (QED) is 0.645. The molecule has 1 heterocycles. The van der Waals surface area contributed by atoms with Crippen LogP contribution in [0.4, 0.5) is 13.2 Å². The summed E-state index contributed by atoms with van der Waals surface area (Å²) in [5.41, 5.74) is 0.814. The highest BCUT2D eigenvalue weighted by Crippen LogP contribution is 2.33. The maximum absolute atomic E-state index is 12.9. The second-order valence-electron chi connectivity index (χ2n) is 7.20. The molecule has 1 unspecified atom stereocenters. The van der Waals surface area contributed by atoms with Crippen molar-refractivity contribution in [1.29, 1.82) is 0 Å². The molecule has 0 aliphatic carbocycles. The van der Waals surface area contributed by atoms with Crippen molar-refractivity contribution in [1.82, 2.24) is 9.62 Å². The molecule has 1 saturated heterocycles. The van der Waals surface area contributed by atoms with Crippen LogP contribution in [0.1, 0.15) is 30.9 Å². The molecule has 0 spiro atoms. The Hall–Kier alpha value is -2.30. The fourth-order valence-electron chi connectivity index (χ4n) is 3.76. The molecule has 0 aromatic heterocycles. The molecule has 1 fully saturated rings. The number of nitrogens with zero attached hydrogens (tertiary/aromatic N) is 1. The van der Waals surface area contributed by atoms with E-state index in [1.807, 2.05) is 18.2 Å². The van der Waals surface area contributed by atoms with Crippen LogP contribution in [0.25, 0.3) is 0 Å². The van der Waals surface area contributed by atoms with Gasteiger partial charge in [0.2, 0.25) is 10.0 Å². The Balaban J connectivity index is 1.87. The molecule has 1 aliphatic heterocycles. The van der Waals surface area contributed by atoms with E-state index in [0.29, 0.717) is 5.75 Å². The number of nitrogens with one attached hydrogen (secondary N) is 1. The van der Waals surface area contributed by atoms with Gasteiger partial charge in [0.25, 0.3) is 0 Å². The van der Waals surface area contributed by atoms with Gasteiger partial charge in [-0.3, -0.25) is 4.90 Å².